The van der Waals surface area contributed by atoms with E-state index in [-0.39, 0.29) is 6.61 Å². The lowest BCUT2D eigenvalue weighted by atomic mass is 10.3. The Morgan fingerprint density at radius 3 is 2.44 bits per heavy atom. The summed E-state index contributed by atoms with van der Waals surface area (Å²) in [5, 5.41) is 15.2. The summed E-state index contributed by atoms with van der Waals surface area (Å²) in [6.45, 7) is 6.10. The molecule has 18 heavy (non-hydrogen) atoms. The minimum absolute atomic E-state index is 0.245. The number of aliphatic hydroxyl groups is 1. The van der Waals surface area contributed by atoms with Crippen LogP contribution in [0.5, 0.6) is 0 Å². The molecule has 1 aromatic heterocycles. The third-order valence-electron chi connectivity index (χ3n) is 2.49. The molecule has 0 atom stereocenters. The van der Waals surface area contributed by atoms with Crippen LogP contribution in [0, 0.1) is 0 Å². The number of unbranched alkanes of at least 4 members (excludes halogenated alkanes) is 1. The van der Waals surface area contributed by atoms with Gasteiger partial charge in [-0.1, -0.05) is 6.92 Å². The molecular weight excluding hydrogens is 228 g/mol. The Morgan fingerprint density at radius 2 is 1.83 bits per heavy atom. The number of rotatable bonds is 9. The first-order valence-electron chi connectivity index (χ1n) is 6.76. The summed E-state index contributed by atoms with van der Waals surface area (Å²) in [4.78, 5) is 8.93. The zero-order chi connectivity index (χ0) is 13.2. The van der Waals surface area contributed by atoms with Crippen molar-refractivity contribution >= 4 is 11.6 Å². The third-order valence-corrected chi connectivity index (χ3v) is 2.49. The molecule has 102 valence electrons. The molecule has 0 saturated heterocycles. The summed E-state index contributed by atoms with van der Waals surface area (Å²) in [6.07, 6.45) is 3.70. The summed E-state index contributed by atoms with van der Waals surface area (Å²) < 4.78 is 0. The second kappa shape index (κ2) is 8.69. The fourth-order valence-electron chi connectivity index (χ4n) is 1.65. The lowest BCUT2D eigenvalue weighted by molar-refractivity contribution is 0.286. The standard InChI is InChI=1S/C13H24N4O/c1-3-7-11-16-12(14-4-2)10-13(17-11)15-8-5-6-9-18/h10,18H,3-9H2,1-2H3,(H2,14,15,16,17). The van der Waals surface area contributed by atoms with Gasteiger partial charge in [-0.15, -0.1) is 0 Å². The Bertz CT molecular complexity index is 320. The molecule has 5 heteroatoms. The van der Waals surface area contributed by atoms with Crippen LogP contribution in [0.25, 0.3) is 0 Å². The molecule has 1 heterocycles. The minimum atomic E-state index is 0.245. The van der Waals surface area contributed by atoms with E-state index in [0.717, 1.165) is 56.2 Å². The lowest BCUT2D eigenvalue weighted by Crippen LogP contribution is -2.09. The van der Waals surface area contributed by atoms with Crippen molar-refractivity contribution in [1.29, 1.82) is 0 Å². The van der Waals surface area contributed by atoms with Gasteiger partial charge < -0.3 is 15.7 Å². The second-order valence-corrected chi connectivity index (χ2v) is 4.19. The van der Waals surface area contributed by atoms with Crippen LogP contribution in [0.2, 0.25) is 0 Å². The topological polar surface area (TPSA) is 70.1 Å². The first-order valence-corrected chi connectivity index (χ1v) is 6.76. The molecule has 5 nitrogen and oxygen atoms in total. The second-order valence-electron chi connectivity index (χ2n) is 4.19. The zero-order valence-corrected chi connectivity index (χ0v) is 11.4. The van der Waals surface area contributed by atoms with E-state index in [4.69, 9.17) is 5.11 Å². The van der Waals surface area contributed by atoms with E-state index in [1.54, 1.807) is 0 Å². The average molecular weight is 252 g/mol. The third kappa shape index (κ3) is 5.31. The molecule has 0 aliphatic heterocycles. The van der Waals surface area contributed by atoms with Crippen molar-refractivity contribution < 1.29 is 5.11 Å². The van der Waals surface area contributed by atoms with Crippen LogP contribution in [0.1, 0.15) is 38.9 Å². The van der Waals surface area contributed by atoms with Crippen molar-refractivity contribution in [1.82, 2.24) is 9.97 Å². The Hall–Kier alpha value is -1.36. The number of hydrogen-bond donors (Lipinski definition) is 3. The molecule has 0 spiro atoms. The molecule has 0 amide bonds. The minimum Gasteiger partial charge on any atom is -0.396 e. The Labute approximate surface area is 109 Å². The summed E-state index contributed by atoms with van der Waals surface area (Å²) in [5.41, 5.74) is 0. The highest BCUT2D eigenvalue weighted by molar-refractivity contribution is 5.47. The number of aromatic nitrogens is 2. The summed E-state index contributed by atoms with van der Waals surface area (Å²) in [5.74, 6) is 2.61. The van der Waals surface area contributed by atoms with Gasteiger partial charge in [0.2, 0.25) is 0 Å². The number of anilines is 2. The van der Waals surface area contributed by atoms with Crippen LogP contribution in [0.4, 0.5) is 11.6 Å². The van der Waals surface area contributed by atoms with Crippen LogP contribution in [0.15, 0.2) is 6.07 Å². The molecule has 0 bridgehead atoms. The molecule has 3 N–H and O–H groups in total. The van der Waals surface area contributed by atoms with Gasteiger partial charge >= 0.3 is 0 Å². The number of aryl methyl sites for hydroxylation is 1. The van der Waals surface area contributed by atoms with Gasteiger partial charge in [0.15, 0.2) is 0 Å². The largest absolute Gasteiger partial charge is 0.396 e. The number of hydrogen-bond acceptors (Lipinski definition) is 5. The normalized spacial score (nSPS) is 10.4. The van der Waals surface area contributed by atoms with Crippen molar-refractivity contribution in [3.63, 3.8) is 0 Å². The van der Waals surface area contributed by atoms with Crippen LogP contribution in [-0.4, -0.2) is 34.8 Å². The fourth-order valence-corrected chi connectivity index (χ4v) is 1.65. The van der Waals surface area contributed by atoms with Crippen LogP contribution < -0.4 is 10.6 Å². The molecule has 0 aliphatic carbocycles. The number of nitrogens with one attached hydrogen (secondary N) is 2. The summed E-state index contributed by atoms with van der Waals surface area (Å²) >= 11 is 0. The van der Waals surface area contributed by atoms with Crippen LogP contribution >= 0.6 is 0 Å². The zero-order valence-electron chi connectivity index (χ0n) is 11.4. The molecule has 0 unspecified atom stereocenters. The molecular formula is C13H24N4O. The molecule has 1 rings (SSSR count). The Kier molecular flexibility index (Phi) is 7.10. The van der Waals surface area contributed by atoms with Gasteiger partial charge in [-0.25, -0.2) is 9.97 Å². The van der Waals surface area contributed by atoms with Crippen LogP contribution in [-0.2, 0) is 6.42 Å². The lowest BCUT2D eigenvalue weighted by Gasteiger charge is -2.10. The van der Waals surface area contributed by atoms with Gasteiger partial charge in [-0.3, -0.25) is 0 Å². The maximum absolute atomic E-state index is 8.73. The molecule has 0 fully saturated rings. The highest BCUT2D eigenvalue weighted by atomic mass is 16.2. The van der Waals surface area contributed by atoms with Crippen molar-refractivity contribution in [2.75, 3.05) is 30.3 Å². The maximum Gasteiger partial charge on any atom is 0.133 e. The fraction of sp³-hybridized carbons (Fsp3) is 0.692. The van der Waals surface area contributed by atoms with Crippen molar-refractivity contribution in [2.24, 2.45) is 0 Å². The molecule has 1 aromatic rings. The van der Waals surface area contributed by atoms with Gasteiger partial charge in [-0.2, -0.15) is 0 Å². The van der Waals surface area contributed by atoms with Gasteiger partial charge in [0.1, 0.15) is 17.5 Å². The predicted molar refractivity (Wildman–Crippen MR) is 75.0 cm³/mol. The number of aliphatic hydroxyl groups excluding tert-OH is 1. The SMILES string of the molecule is CCCc1nc(NCC)cc(NCCCCO)n1. The van der Waals surface area contributed by atoms with Crippen LogP contribution in [0.3, 0.4) is 0 Å². The first-order chi connectivity index (χ1) is 8.80. The molecule has 0 aliphatic rings. The van der Waals surface area contributed by atoms with Crippen molar-refractivity contribution in [3.8, 4) is 0 Å². The van der Waals surface area contributed by atoms with E-state index in [2.05, 4.69) is 34.4 Å². The van der Waals surface area contributed by atoms with Gasteiger partial charge in [0.25, 0.3) is 0 Å². The van der Waals surface area contributed by atoms with Gasteiger partial charge in [-0.05, 0) is 26.2 Å². The molecule has 0 radical (unpaired) electrons. The first kappa shape index (κ1) is 14.7. The molecule has 0 aromatic carbocycles. The predicted octanol–water partition coefficient (Wildman–Crippen LogP) is 2.05. The van der Waals surface area contributed by atoms with Crippen molar-refractivity contribution in [2.45, 2.75) is 39.5 Å². The highest BCUT2D eigenvalue weighted by Gasteiger charge is 2.03. The van der Waals surface area contributed by atoms with Gasteiger partial charge in [0, 0.05) is 32.2 Å². The highest BCUT2D eigenvalue weighted by Crippen LogP contribution is 2.12. The van der Waals surface area contributed by atoms with E-state index in [0.29, 0.717) is 0 Å². The summed E-state index contributed by atoms with van der Waals surface area (Å²) in [7, 11) is 0. The molecule has 0 saturated carbocycles. The van der Waals surface area contributed by atoms with Crippen molar-refractivity contribution in [3.05, 3.63) is 11.9 Å². The monoisotopic (exact) mass is 252 g/mol. The van der Waals surface area contributed by atoms with E-state index in [1.165, 1.54) is 0 Å². The summed E-state index contributed by atoms with van der Waals surface area (Å²) in [6, 6.07) is 1.93. The van der Waals surface area contributed by atoms with Gasteiger partial charge in [0.05, 0.1) is 0 Å². The van der Waals surface area contributed by atoms with E-state index in [1.807, 2.05) is 6.07 Å². The van der Waals surface area contributed by atoms with E-state index < -0.39 is 0 Å². The number of nitrogens with zero attached hydrogens (tertiary/aromatic N) is 2. The van der Waals surface area contributed by atoms with E-state index >= 15 is 0 Å². The Morgan fingerprint density at radius 1 is 1.11 bits per heavy atom. The average Bonchev–Trinajstić information content (AvgIpc) is 2.35. The maximum atomic E-state index is 8.73. The Balaban J connectivity index is 2.63. The smallest absolute Gasteiger partial charge is 0.133 e. The quantitative estimate of drug-likeness (QED) is 0.587. The van der Waals surface area contributed by atoms with E-state index in [9.17, 15) is 0 Å².